The molecule has 0 bridgehead atoms. The summed E-state index contributed by atoms with van der Waals surface area (Å²) in [5, 5.41) is 3.22. The van der Waals surface area contributed by atoms with Crippen LogP contribution in [0.1, 0.15) is 17.0 Å². The van der Waals surface area contributed by atoms with Gasteiger partial charge in [-0.25, -0.2) is 4.98 Å². The van der Waals surface area contributed by atoms with E-state index < -0.39 is 0 Å². The number of aryl methyl sites for hydroxylation is 2. The van der Waals surface area contributed by atoms with E-state index in [4.69, 9.17) is 4.42 Å². The quantitative estimate of drug-likeness (QED) is 0.831. The summed E-state index contributed by atoms with van der Waals surface area (Å²) in [6.45, 7) is 4.72. The standard InChI is InChI=1S/C12H14N2O/c1-9-6-10(2)14-12(7-9)13-8-11-4-3-5-15-11/h3-7H,8H2,1-2H3,(H,13,14). The maximum absolute atomic E-state index is 5.23. The fraction of sp³-hybridized carbons (Fsp3) is 0.250. The minimum atomic E-state index is 0.670. The molecule has 0 fully saturated rings. The highest BCUT2D eigenvalue weighted by Crippen LogP contribution is 2.10. The highest BCUT2D eigenvalue weighted by Gasteiger charge is 1.98. The first-order valence-corrected chi connectivity index (χ1v) is 4.95. The van der Waals surface area contributed by atoms with Crippen LogP contribution in [-0.4, -0.2) is 4.98 Å². The largest absolute Gasteiger partial charge is 0.467 e. The lowest BCUT2D eigenvalue weighted by atomic mass is 10.2. The van der Waals surface area contributed by atoms with Gasteiger partial charge in [-0.2, -0.15) is 0 Å². The number of nitrogens with zero attached hydrogens (tertiary/aromatic N) is 1. The van der Waals surface area contributed by atoms with Crippen LogP contribution in [-0.2, 0) is 6.54 Å². The molecule has 0 radical (unpaired) electrons. The summed E-state index contributed by atoms with van der Waals surface area (Å²) < 4.78 is 5.23. The molecule has 0 amide bonds. The lowest BCUT2D eigenvalue weighted by Gasteiger charge is -2.05. The Morgan fingerprint density at radius 3 is 2.87 bits per heavy atom. The Bertz CT molecular complexity index is 415. The highest BCUT2D eigenvalue weighted by molar-refractivity contribution is 5.39. The lowest BCUT2D eigenvalue weighted by molar-refractivity contribution is 0.518. The summed E-state index contributed by atoms with van der Waals surface area (Å²) in [7, 11) is 0. The van der Waals surface area contributed by atoms with Crippen molar-refractivity contribution >= 4 is 5.82 Å². The summed E-state index contributed by atoms with van der Waals surface area (Å²) in [6.07, 6.45) is 1.67. The molecule has 0 aliphatic carbocycles. The molecule has 0 spiro atoms. The molecule has 2 aromatic rings. The van der Waals surface area contributed by atoms with E-state index in [1.54, 1.807) is 6.26 Å². The summed E-state index contributed by atoms with van der Waals surface area (Å²) >= 11 is 0. The third-order valence-corrected chi connectivity index (χ3v) is 2.12. The van der Waals surface area contributed by atoms with Crippen molar-refractivity contribution in [2.75, 3.05) is 5.32 Å². The van der Waals surface area contributed by atoms with Crippen molar-refractivity contribution < 1.29 is 4.42 Å². The van der Waals surface area contributed by atoms with Gasteiger partial charge in [-0.3, -0.25) is 0 Å². The molecule has 2 rings (SSSR count). The maximum atomic E-state index is 5.23. The fourth-order valence-corrected chi connectivity index (χ4v) is 1.52. The third kappa shape index (κ3) is 2.59. The number of nitrogens with one attached hydrogen (secondary N) is 1. The Hall–Kier alpha value is -1.77. The number of pyridine rings is 1. The van der Waals surface area contributed by atoms with E-state index in [0.29, 0.717) is 6.54 Å². The fourth-order valence-electron chi connectivity index (χ4n) is 1.52. The van der Waals surface area contributed by atoms with Crippen LogP contribution >= 0.6 is 0 Å². The average molecular weight is 202 g/mol. The zero-order valence-corrected chi connectivity index (χ0v) is 8.95. The number of hydrogen-bond acceptors (Lipinski definition) is 3. The Morgan fingerprint density at radius 1 is 1.33 bits per heavy atom. The molecule has 0 saturated carbocycles. The van der Waals surface area contributed by atoms with E-state index in [2.05, 4.69) is 23.3 Å². The van der Waals surface area contributed by atoms with Gasteiger partial charge in [-0.1, -0.05) is 0 Å². The minimum Gasteiger partial charge on any atom is -0.467 e. The molecule has 0 saturated heterocycles. The monoisotopic (exact) mass is 202 g/mol. The van der Waals surface area contributed by atoms with Gasteiger partial charge in [0.1, 0.15) is 11.6 Å². The number of aromatic nitrogens is 1. The number of furan rings is 1. The molecule has 3 nitrogen and oxygen atoms in total. The van der Waals surface area contributed by atoms with Crippen molar-refractivity contribution in [1.29, 1.82) is 0 Å². The van der Waals surface area contributed by atoms with Gasteiger partial charge < -0.3 is 9.73 Å². The van der Waals surface area contributed by atoms with Gasteiger partial charge in [0.2, 0.25) is 0 Å². The predicted octanol–water partition coefficient (Wildman–Crippen LogP) is 2.90. The third-order valence-electron chi connectivity index (χ3n) is 2.12. The summed E-state index contributed by atoms with van der Waals surface area (Å²) in [5.74, 6) is 1.81. The van der Waals surface area contributed by atoms with Crippen LogP contribution in [0, 0.1) is 13.8 Å². The van der Waals surface area contributed by atoms with E-state index in [1.165, 1.54) is 5.56 Å². The van der Waals surface area contributed by atoms with Crippen LogP contribution in [0.3, 0.4) is 0 Å². The van der Waals surface area contributed by atoms with E-state index in [1.807, 2.05) is 25.1 Å². The summed E-state index contributed by atoms with van der Waals surface area (Å²) in [5.41, 5.74) is 2.24. The SMILES string of the molecule is Cc1cc(C)nc(NCc2ccco2)c1. The van der Waals surface area contributed by atoms with Gasteiger partial charge in [0.15, 0.2) is 0 Å². The lowest BCUT2D eigenvalue weighted by Crippen LogP contribution is -2.01. The van der Waals surface area contributed by atoms with E-state index in [0.717, 1.165) is 17.3 Å². The maximum Gasteiger partial charge on any atom is 0.126 e. The molecule has 1 N–H and O–H groups in total. The second-order valence-electron chi connectivity index (χ2n) is 3.60. The van der Waals surface area contributed by atoms with Crippen molar-refractivity contribution in [3.05, 3.63) is 47.5 Å². The molecular formula is C12H14N2O. The van der Waals surface area contributed by atoms with Crippen molar-refractivity contribution in [2.45, 2.75) is 20.4 Å². The van der Waals surface area contributed by atoms with Crippen LogP contribution in [0.4, 0.5) is 5.82 Å². The Kier molecular flexibility index (Phi) is 2.72. The van der Waals surface area contributed by atoms with E-state index in [9.17, 15) is 0 Å². The van der Waals surface area contributed by atoms with Crippen LogP contribution in [0.15, 0.2) is 34.9 Å². The normalized spacial score (nSPS) is 10.3. The van der Waals surface area contributed by atoms with E-state index >= 15 is 0 Å². The van der Waals surface area contributed by atoms with Crippen LogP contribution < -0.4 is 5.32 Å². The van der Waals surface area contributed by atoms with Crippen LogP contribution in [0.5, 0.6) is 0 Å². The van der Waals surface area contributed by atoms with Crippen molar-refractivity contribution in [1.82, 2.24) is 4.98 Å². The predicted molar refractivity (Wildman–Crippen MR) is 59.7 cm³/mol. The van der Waals surface area contributed by atoms with Crippen LogP contribution in [0.2, 0.25) is 0 Å². The number of anilines is 1. The first-order chi connectivity index (χ1) is 7.24. The molecular weight excluding hydrogens is 188 g/mol. The highest BCUT2D eigenvalue weighted by atomic mass is 16.3. The van der Waals surface area contributed by atoms with Gasteiger partial charge in [0, 0.05) is 5.69 Å². The van der Waals surface area contributed by atoms with Gasteiger partial charge in [0.05, 0.1) is 12.8 Å². The van der Waals surface area contributed by atoms with Crippen molar-refractivity contribution in [2.24, 2.45) is 0 Å². The summed E-state index contributed by atoms with van der Waals surface area (Å²) in [6, 6.07) is 7.90. The molecule has 0 atom stereocenters. The minimum absolute atomic E-state index is 0.670. The van der Waals surface area contributed by atoms with E-state index in [-0.39, 0.29) is 0 Å². The molecule has 0 aromatic carbocycles. The first kappa shape index (κ1) is 9.77. The molecule has 2 aromatic heterocycles. The Morgan fingerprint density at radius 2 is 2.20 bits per heavy atom. The summed E-state index contributed by atoms with van der Waals surface area (Å²) in [4.78, 5) is 4.38. The molecule has 0 aliphatic heterocycles. The zero-order valence-electron chi connectivity index (χ0n) is 8.95. The zero-order chi connectivity index (χ0) is 10.7. The van der Waals surface area contributed by atoms with Gasteiger partial charge in [-0.15, -0.1) is 0 Å². The van der Waals surface area contributed by atoms with Gasteiger partial charge in [0.25, 0.3) is 0 Å². The Balaban J connectivity index is 2.05. The van der Waals surface area contributed by atoms with Crippen molar-refractivity contribution in [3.8, 4) is 0 Å². The molecule has 3 heteroatoms. The second kappa shape index (κ2) is 4.17. The average Bonchev–Trinajstić information content (AvgIpc) is 2.65. The molecule has 15 heavy (non-hydrogen) atoms. The van der Waals surface area contributed by atoms with Crippen LogP contribution in [0.25, 0.3) is 0 Å². The molecule has 78 valence electrons. The first-order valence-electron chi connectivity index (χ1n) is 4.95. The number of hydrogen-bond donors (Lipinski definition) is 1. The Labute approximate surface area is 89.1 Å². The molecule has 0 unspecified atom stereocenters. The van der Waals surface area contributed by atoms with Gasteiger partial charge in [-0.05, 0) is 43.7 Å². The van der Waals surface area contributed by atoms with Gasteiger partial charge >= 0.3 is 0 Å². The number of rotatable bonds is 3. The molecule has 0 aliphatic rings. The smallest absolute Gasteiger partial charge is 0.126 e. The molecule has 2 heterocycles. The second-order valence-corrected chi connectivity index (χ2v) is 3.60. The topological polar surface area (TPSA) is 38.1 Å². The van der Waals surface area contributed by atoms with Crippen molar-refractivity contribution in [3.63, 3.8) is 0 Å².